The van der Waals surface area contributed by atoms with Crippen molar-refractivity contribution in [1.82, 2.24) is 0 Å². The molecule has 0 spiro atoms. The number of hydrogen-bond donors (Lipinski definition) is 0. The molecular weight excluding hydrogens is 282 g/mol. The van der Waals surface area contributed by atoms with Crippen LogP contribution in [0.4, 0.5) is 8.78 Å². The molecule has 0 unspecified atom stereocenters. The van der Waals surface area contributed by atoms with E-state index in [1.165, 1.54) is 37.4 Å². The highest BCUT2D eigenvalue weighted by Gasteiger charge is 2.36. The Balaban J connectivity index is 2.13. The summed E-state index contributed by atoms with van der Waals surface area (Å²) in [7, 11) is 0.0747. The van der Waals surface area contributed by atoms with Crippen molar-refractivity contribution in [1.29, 1.82) is 0 Å². The van der Waals surface area contributed by atoms with Gasteiger partial charge in [0, 0.05) is 9.52 Å². The average molecular weight is 311 g/mol. The van der Waals surface area contributed by atoms with Gasteiger partial charge in [-0.05, 0) is 42.4 Å². The first-order valence-corrected chi connectivity index (χ1v) is 10.4. The van der Waals surface area contributed by atoms with E-state index in [2.05, 4.69) is 13.8 Å². The fourth-order valence-corrected chi connectivity index (χ4v) is 5.97. The van der Waals surface area contributed by atoms with E-state index in [4.69, 9.17) is 0 Å². The predicted molar refractivity (Wildman–Crippen MR) is 88.8 cm³/mol. The van der Waals surface area contributed by atoms with Gasteiger partial charge in [-0.2, -0.15) is 0 Å². The molecule has 0 saturated heterocycles. The van der Waals surface area contributed by atoms with Gasteiger partial charge in [-0.3, -0.25) is 0 Å². The van der Waals surface area contributed by atoms with Crippen LogP contribution in [-0.2, 0) is 5.41 Å². The third-order valence-corrected chi connectivity index (χ3v) is 8.04. The summed E-state index contributed by atoms with van der Waals surface area (Å²) in [5, 5.41) is 0. The Morgan fingerprint density at radius 1 is 1.10 bits per heavy atom. The van der Waals surface area contributed by atoms with Crippen LogP contribution in [0.25, 0.3) is 0 Å². The minimum absolute atomic E-state index is 0.0747. The number of halogens is 2. The van der Waals surface area contributed by atoms with Crippen molar-refractivity contribution < 1.29 is 8.78 Å². The molecule has 0 aliphatic heterocycles. The normalized spacial score (nSPS) is 26.6. The molecule has 1 aromatic carbocycles. The fraction of sp³-hybridized carbons (Fsp3) is 0.667. The van der Waals surface area contributed by atoms with E-state index in [1.54, 1.807) is 0 Å². The molecule has 3 heteroatoms. The van der Waals surface area contributed by atoms with E-state index < -0.39 is 11.6 Å². The summed E-state index contributed by atoms with van der Waals surface area (Å²) in [6.07, 6.45) is 8.44. The molecule has 0 nitrogen and oxygen atoms in total. The quantitative estimate of drug-likeness (QED) is 0.620. The Morgan fingerprint density at radius 2 is 1.81 bits per heavy atom. The highest BCUT2D eigenvalue weighted by Crippen LogP contribution is 2.46. The Kier molecular flexibility index (Phi) is 5.97. The van der Waals surface area contributed by atoms with Gasteiger partial charge in [0.05, 0.1) is 0 Å². The van der Waals surface area contributed by atoms with E-state index >= 15 is 0 Å². The standard InChI is InChI=1S/C18H28F2Si/c1-3-9-18(14-5-6-16(19)17(20)13-14)10-7-15(8-11-18)21-12-4-2/h5-6,13,15H,3-4,7-12,21H2,1-2H3/t15-,18-. The zero-order valence-electron chi connectivity index (χ0n) is 13.4. The van der Waals surface area contributed by atoms with Gasteiger partial charge >= 0.3 is 0 Å². The second-order valence-electron chi connectivity index (χ2n) is 6.74. The molecule has 2 rings (SSSR count). The lowest BCUT2D eigenvalue weighted by Crippen LogP contribution is -2.31. The number of hydrogen-bond acceptors (Lipinski definition) is 0. The van der Waals surface area contributed by atoms with Gasteiger partial charge in [-0.15, -0.1) is 0 Å². The van der Waals surface area contributed by atoms with Crippen molar-refractivity contribution in [2.45, 2.75) is 75.8 Å². The lowest BCUT2D eigenvalue weighted by Gasteiger charge is -2.41. The maximum absolute atomic E-state index is 13.6. The summed E-state index contributed by atoms with van der Waals surface area (Å²) in [5.41, 5.74) is 2.10. The summed E-state index contributed by atoms with van der Waals surface area (Å²) < 4.78 is 26.8. The monoisotopic (exact) mass is 310 g/mol. The van der Waals surface area contributed by atoms with Gasteiger partial charge < -0.3 is 0 Å². The largest absolute Gasteiger partial charge is 0.204 e. The topological polar surface area (TPSA) is 0 Å². The molecule has 0 radical (unpaired) electrons. The van der Waals surface area contributed by atoms with Crippen LogP contribution >= 0.6 is 0 Å². The Hall–Kier alpha value is -0.703. The van der Waals surface area contributed by atoms with E-state index in [9.17, 15) is 8.78 Å². The van der Waals surface area contributed by atoms with E-state index in [0.29, 0.717) is 0 Å². The molecule has 0 amide bonds. The summed E-state index contributed by atoms with van der Waals surface area (Å²) in [5.74, 6) is -1.42. The summed E-state index contributed by atoms with van der Waals surface area (Å²) in [6.45, 7) is 4.47. The molecule has 0 N–H and O–H groups in total. The highest BCUT2D eigenvalue weighted by atomic mass is 28.2. The molecule has 1 aromatic rings. The van der Waals surface area contributed by atoms with Gasteiger partial charge in [0.2, 0.25) is 0 Å². The molecule has 1 aliphatic carbocycles. The minimum atomic E-state index is -0.727. The lowest BCUT2D eigenvalue weighted by molar-refractivity contribution is 0.269. The number of benzene rings is 1. The summed E-state index contributed by atoms with van der Waals surface area (Å²) in [6, 6.07) is 6.03. The second kappa shape index (κ2) is 7.53. The SMILES string of the molecule is CCC[SiH2][C@H]1CC[C@](CCC)(c2ccc(F)c(F)c2)CC1. The highest BCUT2D eigenvalue weighted by molar-refractivity contribution is 6.37. The Morgan fingerprint density at radius 3 is 2.38 bits per heavy atom. The van der Waals surface area contributed by atoms with Gasteiger partial charge in [-0.25, -0.2) is 8.78 Å². The van der Waals surface area contributed by atoms with E-state index in [-0.39, 0.29) is 14.9 Å². The predicted octanol–water partition coefficient (Wildman–Crippen LogP) is 5.36. The smallest absolute Gasteiger partial charge is 0.159 e. The maximum Gasteiger partial charge on any atom is 0.159 e. The molecule has 0 heterocycles. The maximum atomic E-state index is 13.6. The van der Waals surface area contributed by atoms with Crippen molar-refractivity contribution in [2.75, 3.05) is 0 Å². The van der Waals surface area contributed by atoms with Crippen molar-refractivity contribution in [3.8, 4) is 0 Å². The second-order valence-corrected chi connectivity index (χ2v) is 9.18. The van der Waals surface area contributed by atoms with Crippen LogP contribution in [0.5, 0.6) is 0 Å². The van der Waals surface area contributed by atoms with Crippen LogP contribution < -0.4 is 0 Å². The molecule has 21 heavy (non-hydrogen) atoms. The van der Waals surface area contributed by atoms with E-state index in [1.807, 2.05) is 6.07 Å². The van der Waals surface area contributed by atoms with Gasteiger partial charge in [0.15, 0.2) is 11.6 Å². The zero-order valence-corrected chi connectivity index (χ0v) is 14.8. The molecule has 1 aliphatic rings. The van der Waals surface area contributed by atoms with Gasteiger partial charge in [0.1, 0.15) is 0 Å². The molecular formula is C18H28F2Si. The van der Waals surface area contributed by atoms with Crippen LogP contribution in [0.1, 0.15) is 64.4 Å². The minimum Gasteiger partial charge on any atom is -0.204 e. The first-order chi connectivity index (χ1) is 10.1. The molecule has 1 fully saturated rings. The van der Waals surface area contributed by atoms with Crippen LogP contribution in [-0.4, -0.2) is 9.52 Å². The van der Waals surface area contributed by atoms with Crippen LogP contribution in [0.2, 0.25) is 11.6 Å². The van der Waals surface area contributed by atoms with Gasteiger partial charge in [0.25, 0.3) is 0 Å². The lowest BCUT2D eigenvalue weighted by atomic mass is 9.67. The summed E-state index contributed by atoms with van der Waals surface area (Å²) in [4.78, 5) is 0. The van der Waals surface area contributed by atoms with Crippen molar-refractivity contribution in [3.63, 3.8) is 0 Å². The fourth-order valence-electron chi connectivity index (χ4n) is 4.00. The third kappa shape index (κ3) is 3.94. The molecule has 118 valence electrons. The van der Waals surface area contributed by atoms with E-state index in [0.717, 1.165) is 36.8 Å². The third-order valence-electron chi connectivity index (χ3n) is 5.29. The van der Waals surface area contributed by atoms with Crippen molar-refractivity contribution in [3.05, 3.63) is 35.4 Å². The molecule has 0 atom stereocenters. The summed E-state index contributed by atoms with van der Waals surface area (Å²) >= 11 is 0. The average Bonchev–Trinajstić information content (AvgIpc) is 2.49. The van der Waals surface area contributed by atoms with Crippen LogP contribution in [0.15, 0.2) is 18.2 Å². The van der Waals surface area contributed by atoms with Crippen molar-refractivity contribution in [2.24, 2.45) is 0 Å². The number of rotatable bonds is 6. The van der Waals surface area contributed by atoms with Crippen molar-refractivity contribution >= 4 is 9.52 Å². The van der Waals surface area contributed by atoms with Gasteiger partial charge in [-0.1, -0.05) is 57.2 Å². The molecule has 0 bridgehead atoms. The van der Waals surface area contributed by atoms with Crippen LogP contribution in [0.3, 0.4) is 0 Å². The first kappa shape index (κ1) is 16.7. The molecule has 0 aromatic heterocycles. The molecule has 1 saturated carbocycles. The Bertz CT molecular complexity index is 451. The zero-order chi connectivity index (χ0) is 15.3. The first-order valence-electron chi connectivity index (χ1n) is 8.57. The Labute approximate surface area is 130 Å². The van der Waals surface area contributed by atoms with Crippen LogP contribution in [0, 0.1) is 11.6 Å².